The Morgan fingerprint density at radius 3 is 3.17 bits per heavy atom. The van der Waals surface area contributed by atoms with Crippen LogP contribution in [0, 0.1) is 0 Å². The number of hydrogen-bond acceptors (Lipinski definition) is 4. The van der Waals surface area contributed by atoms with E-state index < -0.39 is 0 Å². The smallest absolute Gasteiger partial charge is 0.293 e. The lowest BCUT2D eigenvalue weighted by Gasteiger charge is -2.26. The Balaban J connectivity index is 1.78. The number of carbonyl (C=O) groups is 1. The molecule has 0 bridgehead atoms. The molecule has 0 aromatic carbocycles. The first kappa shape index (κ1) is 10.9. The lowest BCUT2D eigenvalue weighted by Crippen LogP contribution is -2.38. The molecule has 7 nitrogen and oxygen atoms in total. The van der Waals surface area contributed by atoms with Gasteiger partial charge < -0.3 is 9.47 Å². The second kappa shape index (κ2) is 4.25. The van der Waals surface area contributed by atoms with Gasteiger partial charge in [-0.25, -0.2) is 9.97 Å². The van der Waals surface area contributed by atoms with Gasteiger partial charge in [0.2, 0.25) is 5.82 Å². The lowest BCUT2D eigenvalue weighted by molar-refractivity contribution is 0.0695. The molecule has 3 rings (SSSR count). The molecule has 7 heteroatoms. The summed E-state index contributed by atoms with van der Waals surface area (Å²) in [6.45, 7) is 3.92. The van der Waals surface area contributed by atoms with Crippen LogP contribution in [0.25, 0.3) is 0 Å². The van der Waals surface area contributed by atoms with E-state index in [1.807, 2.05) is 13.1 Å². The minimum Gasteiger partial charge on any atom is -0.332 e. The Labute approximate surface area is 104 Å². The summed E-state index contributed by atoms with van der Waals surface area (Å²) in [4.78, 5) is 22.3. The summed E-state index contributed by atoms with van der Waals surface area (Å²) in [6, 6.07) is 0. The van der Waals surface area contributed by atoms with Crippen molar-refractivity contribution in [2.75, 3.05) is 6.54 Å². The zero-order chi connectivity index (χ0) is 12.5. The summed E-state index contributed by atoms with van der Waals surface area (Å²) in [5, 5.41) is 6.71. The SMILES string of the molecule is CCc1nc(C(=O)N2CCn3ccnc3C2)n[nH]1. The predicted molar refractivity (Wildman–Crippen MR) is 62.7 cm³/mol. The number of aryl methyl sites for hydroxylation is 1. The van der Waals surface area contributed by atoms with Gasteiger partial charge in [0.05, 0.1) is 6.54 Å². The molecular formula is C11H14N6O. The molecule has 0 spiro atoms. The molecule has 3 heterocycles. The van der Waals surface area contributed by atoms with E-state index in [4.69, 9.17) is 0 Å². The van der Waals surface area contributed by atoms with Gasteiger partial charge in [-0.3, -0.25) is 9.89 Å². The Kier molecular flexibility index (Phi) is 2.58. The summed E-state index contributed by atoms with van der Waals surface area (Å²) < 4.78 is 2.05. The van der Waals surface area contributed by atoms with E-state index in [2.05, 4.69) is 24.7 Å². The van der Waals surface area contributed by atoms with E-state index in [1.165, 1.54) is 0 Å². The fourth-order valence-corrected chi connectivity index (χ4v) is 2.04. The summed E-state index contributed by atoms with van der Waals surface area (Å²) in [5.74, 6) is 1.74. The zero-order valence-electron chi connectivity index (χ0n) is 10.1. The zero-order valence-corrected chi connectivity index (χ0v) is 10.1. The summed E-state index contributed by atoms with van der Waals surface area (Å²) >= 11 is 0. The first-order valence-corrected chi connectivity index (χ1v) is 5.98. The molecule has 1 aliphatic rings. The van der Waals surface area contributed by atoms with Crippen molar-refractivity contribution >= 4 is 5.91 Å². The molecule has 0 atom stereocenters. The molecule has 2 aromatic heterocycles. The highest BCUT2D eigenvalue weighted by Crippen LogP contribution is 2.12. The average molecular weight is 246 g/mol. The number of nitrogens with zero attached hydrogens (tertiary/aromatic N) is 5. The van der Waals surface area contributed by atoms with Crippen molar-refractivity contribution in [2.45, 2.75) is 26.4 Å². The van der Waals surface area contributed by atoms with Crippen LogP contribution in [0.4, 0.5) is 0 Å². The Morgan fingerprint density at radius 2 is 2.39 bits per heavy atom. The van der Waals surface area contributed by atoms with Crippen LogP contribution in [0.5, 0.6) is 0 Å². The number of amides is 1. The van der Waals surface area contributed by atoms with Gasteiger partial charge in [0.15, 0.2) is 0 Å². The van der Waals surface area contributed by atoms with Crippen molar-refractivity contribution in [3.05, 3.63) is 29.9 Å². The maximum atomic E-state index is 12.2. The molecule has 0 radical (unpaired) electrons. The molecule has 0 saturated carbocycles. The van der Waals surface area contributed by atoms with Crippen molar-refractivity contribution in [3.63, 3.8) is 0 Å². The highest BCUT2D eigenvalue weighted by atomic mass is 16.2. The van der Waals surface area contributed by atoms with E-state index in [0.717, 1.165) is 24.6 Å². The van der Waals surface area contributed by atoms with Crippen molar-refractivity contribution in [3.8, 4) is 0 Å². The molecule has 0 aliphatic carbocycles. The lowest BCUT2D eigenvalue weighted by atomic mass is 10.3. The van der Waals surface area contributed by atoms with Gasteiger partial charge in [0, 0.05) is 31.9 Å². The van der Waals surface area contributed by atoms with Crippen LogP contribution < -0.4 is 0 Å². The molecule has 1 aliphatic heterocycles. The number of rotatable bonds is 2. The number of aromatic amines is 1. The molecular weight excluding hydrogens is 232 g/mol. The fraction of sp³-hybridized carbons (Fsp3) is 0.455. The minimum atomic E-state index is -0.139. The molecule has 0 unspecified atom stereocenters. The molecule has 1 N–H and O–H groups in total. The number of carbonyl (C=O) groups excluding carboxylic acids is 1. The fourth-order valence-electron chi connectivity index (χ4n) is 2.04. The summed E-state index contributed by atoms with van der Waals surface area (Å²) in [7, 11) is 0. The van der Waals surface area contributed by atoms with Gasteiger partial charge in [-0.2, -0.15) is 0 Å². The van der Waals surface area contributed by atoms with Gasteiger partial charge in [0.1, 0.15) is 11.6 Å². The van der Waals surface area contributed by atoms with Crippen molar-refractivity contribution < 1.29 is 4.79 Å². The summed E-state index contributed by atoms with van der Waals surface area (Å²) in [5.41, 5.74) is 0. The molecule has 94 valence electrons. The standard InChI is InChI=1S/C11H14N6O/c1-2-8-13-10(15-14-8)11(18)17-6-5-16-4-3-12-9(16)7-17/h3-4H,2,5-7H2,1H3,(H,13,14,15). The molecule has 0 fully saturated rings. The van der Waals surface area contributed by atoms with Crippen LogP contribution in [-0.4, -0.2) is 42.1 Å². The highest BCUT2D eigenvalue weighted by molar-refractivity contribution is 5.90. The van der Waals surface area contributed by atoms with Crippen molar-refractivity contribution in [2.24, 2.45) is 0 Å². The van der Waals surface area contributed by atoms with Gasteiger partial charge in [0.25, 0.3) is 5.91 Å². The van der Waals surface area contributed by atoms with E-state index >= 15 is 0 Å². The molecule has 18 heavy (non-hydrogen) atoms. The summed E-state index contributed by atoms with van der Waals surface area (Å²) in [6.07, 6.45) is 4.43. The number of H-pyrrole nitrogens is 1. The first-order valence-electron chi connectivity index (χ1n) is 5.98. The topological polar surface area (TPSA) is 79.7 Å². The quantitative estimate of drug-likeness (QED) is 0.822. The van der Waals surface area contributed by atoms with Crippen LogP contribution in [0.3, 0.4) is 0 Å². The van der Waals surface area contributed by atoms with Gasteiger partial charge in [-0.05, 0) is 0 Å². The monoisotopic (exact) mass is 246 g/mol. The Morgan fingerprint density at radius 1 is 1.50 bits per heavy atom. The largest absolute Gasteiger partial charge is 0.332 e. The number of imidazole rings is 1. The van der Waals surface area contributed by atoms with Crippen LogP contribution >= 0.6 is 0 Å². The van der Waals surface area contributed by atoms with Crippen molar-refractivity contribution in [1.82, 2.24) is 29.6 Å². The molecule has 0 saturated heterocycles. The maximum absolute atomic E-state index is 12.2. The van der Waals surface area contributed by atoms with Gasteiger partial charge >= 0.3 is 0 Å². The Hall–Kier alpha value is -2.18. The van der Waals surface area contributed by atoms with E-state index in [-0.39, 0.29) is 11.7 Å². The third-order valence-electron chi connectivity index (χ3n) is 3.09. The van der Waals surface area contributed by atoms with Crippen LogP contribution in [0.15, 0.2) is 12.4 Å². The van der Waals surface area contributed by atoms with E-state index in [1.54, 1.807) is 11.1 Å². The third-order valence-corrected chi connectivity index (χ3v) is 3.09. The van der Waals surface area contributed by atoms with Crippen LogP contribution in [-0.2, 0) is 19.5 Å². The van der Waals surface area contributed by atoms with Gasteiger partial charge in [-0.15, -0.1) is 5.10 Å². The minimum absolute atomic E-state index is 0.139. The number of hydrogen-bond donors (Lipinski definition) is 1. The number of aromatic nitrogens is 5. The average Bonchev–Trinajstić information content (AvgIpc) is 3.05. The van der Waals surface area contributed by atoms with Crippen LogP contribution in [0.1, 0.15) is 29.2 Å². The van der Waals surface area contributed by atoms with E-state index in [0.29, 0.717) is 13.1 Å². The Bertz CT molecular complexity index is 572. The second-order valence-corrected chi connectivity index (χ2v) is 4.22. The van der Waals surface area contributed by atoms with E-state index in [9.17, 15) is 4.79 Å². The molecule has 2 aromatic rings. The maximum Gasteiger partial charge on any atom is 0.293 e. The van der Waals surface area contributed by atoms with Crippen molar-refractivity contribution in [1.29, 1.82) is 0 Å². The van der Waals surface area contributed by atoms with Gasteiger partial charge in [-0.1, -0.05) is 6.92 Å². The molecule has 1 amide bonds. The number of fused-ring (bicyclic) bond motifs is 1. The first-order chi connectivity index (χ1) is 8.78. The second-order valence-electron chi connectivity index (χ2n) is 4.22. The highest BCUT2D eigenvalue weighted by Gasteiger charge is 2.24. The van der Waals surface area contributed by atoms with Crippen LogP contribution in [0.2, 0.25) is 0 Å². The number of nitrogens with one attached hydrogen (secondary N) is 1. The predicted octanol–water partition coefficient (Wildman–Crippen LogP) is 0.220. The third kappa shape index (κ3) is 1.77. The normalized spacial score (nSPS) is 14.6.